The molecule has 2 aromatic carbocycles. The topological polar surface area (TPSA) is 26.7 Å². The fraction of sp³-hybridized carbons (Fsp3) is 0.400. The molecule has 0 spiro atoms. The van der Waals surface area contributed by atoms with Crippen LogP contribution in [0.3, 0.4) is 0 Å². The molecule has 1 fully saturated rings. The number of hydrogen-bond acceptors (Lipinski definition) is 3. The second-order valence-electron chi connectivity index (χ2n) is 6.59. The third-order valence-corrected chi connectivity index (χ3v) is 4.80. The minimum absolute atomic E-state index is 0.123. The van der Waals surface area contributed by atoms with Crippen molar-refractivity contribution in [3.8, 4) is 0 Å². The normalized spacial score (nSPS) is 19.2. The Morgan fingerprint density at radius 3 is 2.44 bits per heavy atom. The molecule has 1 atom stereocenters. The minimum atomic E-state index is -0.231. The van der Waals surface area contributed by atoms with E-state index in [1.807, 2.05) is 12.1 Å². The molecule has 0 bridgehead atoms. The lowest BCUT2D eigenvalue weighted by molar-refractivity contribution is 0.0495. The second-order valence-corrected chi connectivity index (χ2v) is 6.59. The van der Waals surface area contributed by atoms with Crippen LogP contribution in [0.4, 0.5) is 8.78 Å². The van der Waals surface area contributed by atoms with Crippen LogP contribution < -0.4 is 0 Å². The van der Waals surface area contributed by atoms with E-state index in [0.29, 0.717) is 18.5 Å². The fourth-order valence-corrected chi connectivity index (χ4v) is 3.42. The monoisotopic (exact) mass is 346 g/mol. The van der Waals surface area contributed by atoms with Crippen molar-refractivity contribution in [2.24, 2.45) is 0 Å². The highest BCUT2D eigenvalue weighted by Gasteiger charge is 2.27. The SMILES string of the molecule is OCC[C@H]1CN(Cc2ccccc2F)CCN1Cc1ccc(F)cc1. The van der Waals surface area contributed by atoms with E-state index in [0.717, 1.165) is 31.7 Å². The maximum Gasteiger partial charge on any atom is 0.127 e. The van der Waals surface area contributed by atoms with Crippen molar-refractivity contribution < 1.29 is 13.9 Å². The Balaban J connectivity index is 1.63. The lowest BCUT2D eigenvalue weighted by Crippen LogP contribution is -2.52. The Labute approximate surface area is 147 Å². The number of aliphatic hydroxyl groups excluding tert-OH is 1. The van der Waals surface area contributed by atoms with Crippen LogP contribution >= 0.6 is 0 Å². The molecule has 0 aliphatic carbocycles. The van der Waals surface area contributed by atoms with Gasteiger partial charge in [0.25, 0.3) is 0 Å². The first-order chi connectivity index (χ1) is 12.2. The van der Waals surface area contributed by atoms with Gasteiger partial charge in [0.15, 0.2) is 0 Å². The summed E-state index contributed by atoms with van der Waals surface area (Å²) < 4.78 is 26.9. The van der Waals surface area contributed by atoms with Gasteiger partial charge in [-0.25, -0.2) is 8.78 Å². The van der Waals surface area contributed by atoms with E-state index in [9.17, 15) is 13.9 Å². The van der Waals surface area contributed by atoms with Crippen LogP contribution in [0.25, 0.3) is 0 Å². The van der Waals surface area contributed by atoms with E-state index >= 15 is 0 Å². The van der Waals surface area contributed by atoms with Crippen LogP contribution in [0.5, 0.6) is 0 Å². The molecule has 0 radical (unpaired) electrons. The first-order valence-corrected chi connectivity index (χ1v) is 8.71. The minimum Gasteiger partial charge on any atom is -0.396 e. The lowest BCUT2D eigenvalue weighted by atomic mass is 10.1. The molecule has 3 nitrogen and oxygen atoms in total. The van der Waals surface area contributed by atoms with Crippen molar-refractivity contribution in [3.05, 3.63) is 71.3 Å². The maximum atomic E-state index is 13.9. The number of nitrogens with zero attached hydrogens (tertiary/aromatic N) is 2. The van der Waals surface area contributed by atoms with Crippen molar-refractivity contribution >= 4 is 0 Å². The Morgan fingerprint density at radius 2 is 1.72 bits per heavy atom. The molecule has 0 unspecified atom stereocenters. The van der Waals surface area contributed by atoms with Crippen LogP contribution in [0.2, 0.25) is 0 Å². The summed E-state index contributed by atoms with van der Waals surface area (Å²) in [7, 11) is 0. The molecular weight excluding hydrogens is 322 g/mol. The van der Waals surface area contributed by atoms with Crippen molar-refractivity contribution in [1.29, 1.82) is 0 Å². The zero-order valence-electron chi connectivity index (χ0n) is 14.2. The van der Waals surface area contributed by atoms with Crippen molar-refractivity contribution in [2.45, 2.75) is 25.6 Å². The summed E-state index contributed by atoms with van der Waals surface area (Å²) in [5.74, 6) is -0.402. The summed E-state index contributed by atoms with van der Waals surface area (Å²) in [5.41, 5.74) is 1.77. The number of benzene rings is 2. The molecule has 1 heterocycles. The number of aliphatic hydroxyl groups is 1. The van der Waals surface area contributed by atoms with E-state index in [-0.39, 0.29) is 24.3 Å². The van der Waals surface area contributed by atoms with E-state index < -0.39 is 0 Å². The average Bonchev–Trinajstić information content (AvgIpc) is 2.61. The molecule has 0 aromatic heterocycles. The van der Waals surface area contributed by atoms with Gasteiger partial charge in [-0.3, -0.25) is 9.80 Å². The van der Waals surface area contributed by atoms with E-state index in [1.165, 1.54) is 18.2 Å². The molecular formula is C20H24F2N2O. The van der Waals surface area contributed by atoms with Crippen LogP contribution in [-0.4, -0.2) is 47.2 Å². The Kier molecular flexibility index (Phi) is 6.13. The Bertz CT molecular complexity index is 678. The first-order valence-electron chi connectivity index (χ1n) is 8.71. The highest BCUT2D eigenvalue weighted by Crippen LogP contribution is 2.19. The third kappa shape index (κ3) is 4.84. The number of hydrogen-bond donors (Lipinski definition) is 1. The van der Waals surface area contributed by atoms with Gasteiger partial charge in [0.2, 0.25) is 0 Å². The van der Waals surface area contributed by atoms with Gasteiger partial charge in [-0.2, -0.15) is 0 Å². The van der Waals surface area contributed by atoms with E-state index in [1.54, 1.807) is 18.2 Å². The number of halogens is 2. The van der Waals surface area contributed by atoms with Crippen molar-refractivity contribution in [2.75, 3.05) is 26.2 Å². The summed E-state index contributed by atoms with van der Waals surface area (Å²) in [6.07, 6.45) is 0.676. The molecule has 3 rings (SSSR count). The molecule has 134 valence electrons. The van der Waals surface area contributed by atoms with Gasteiger partial charge in [-0.05, 0) is 30.2 Å². The predicted octanol–water partition coefficient (Wildman–Crippen LogP) is 3.03. The third-order valence-electron chi connectivity index (χ3n) is 4.80. The second kappa shape index (κ2) is 8.52. The van der Waals surface area contributed by atoms with Gasteiger partial charge in [-0.15, -0.1) is 0 Å². The van der Waals surface area contributed by atoms with Gasteiger partial charge in [-0.1, -0.05) is 30.3 Å². The Hall–Kier alpha value is -1.82. The summed E-state index contributed by atoms with van der Waals surface area (Å²) >= 11 is 0. The molecule has 2 aromatic rings. The highest BCUT2D eigenvalue weighted by molar-refractivity contribution is 5.18. The zero-order valence-corrected chi connectivity index (χ0v) is 14.2. The first kappa shape index (κ1) is 18.0. The molecule has 1 aliphatic rings. The quantitative estimate of drug-likeness (QED) is 0.871. The van der Waals surface area contributed by atoms with Gasteiger partial charge >= 0.3 is 0 Å². The maximum absolute atomic E-state index is 13.9. The number of piperazine rings is 1. The largest absolute Gasteiger partial charge is 0.396 e. The van der Waals surface area contributed by atoms with Crippen LogP contribution in [0.15, 0.2) is 48.5 Å². The summed E-state index contributed by atoms with van der Waals surface area (Å²) in [4.78, 5) is 4.56. The summed E-state index contributed by atoms with van der Waals surface area (Å²) in [5, 5.41) is 9.40. The average molecular weight is 346 g/mol. The smallest absolute Gasteiger partial charge is 0.127 e. The van der Waals surface area contributed by atoms with Crippen LogP contribution in [0, 0.1) is 11.6 Å². The van der Waals surface area contributed by atoms with Gasteiger partial charge in [0.1, 0.15) is 11.6 Å². The molecule has 25 heavy (non-hydrogen) atoms. The van der Waals surface area contributed by atoms with E-state index in [2.05, 4.69) is 9.80 Å². The van der Waals surface area contributed by atoms with Crippen molar-refractivity contribution in [1.82, 2.24) is 9.80 Å². The standard InChI is InChI=1S/C20H24F2N2O/c21-18-7-5-16(6-8-18)13-24-11-10-23(15-19(24)9-12-25)14-17-3-1-2-4-20(17)22/h1-8,19,25H,9-15H2/t19-/m0/s1. The van der Waals surface area contributed by atoms with Crippen LogP contribution in [-0.2, 0) is 13.1 Å². The molecule has 1 N–H and O–H groups in total. The van der Waals surface area contributed by atoms with Gasteiger partial charge < -0.3 is 5.11 Å². The molecule has 0 amide bonds. The van der Waals surface area contributed by atoms with E-state index in [4.69, 9.17) is 0 Å². The highest BCUT2D eigenvalue weighted by atomic mass is 19.1. The van der Waals surface area contributed by atoms with Crippen LogP contribution in [0.1, 0.15) is 17.5 Å². The van der Waals surface area contributed by atoms with Gasteiger partial charge in [0.05, 0.1) is 0 Å². The molecule has 0 saturated carbocycles. The summed E-state index contributed by atoms with van der Waals surface area (Å²) in [6.45, 7) is 3.92. The zero-order chi connectivity index (χ0) is 17.6. The molecule has 5 heteroatoms. The van der Waals surface area contributed by atoms with Gasteiger partial charge in [0, 0.05) is 50.9 Å². The summed E-state index contributed by atoms with van der Waals surface area (Å²) in [6, 6.07) is 13.6. The lowest BCUT2D eigenvalue weighted by Gasteiger charge is -2.41. The fourth-order valence-electron chi connectivity index (χ4n) is 3.42. The Morgan fingerprint density at radius 1 is 0.960 bits per heavy atom. The number of rotatable bonds is 6. The molecule has 1 saturated heterocycles. The van der Waals surface area contributed by atoms with Crippen molar-refractivity contribution in [3.63, 3.8) is 0 Å². The molecule has 1 aliphatic heterocycles. The predicted molar refractivity (Wildman–Crippen MR) is 94.0 cm³/mol.